The van der Waals surface area contributed by atoms with Crippen LogP contribution < -0.4 is 0 Å². The van der Waals surface area contributed by atoms with Gasteiger partial charge >= 0.3 is 0 Å². The number of aromatic nitrogens is 3. The van der Waals surface area contributed by atoms with Crippen molar-refractivity contribution in [1.29, 1.82) is 0 Å². The van der Waals surface area contributed by atoms with Crippen LogP contribution in [0.2, 0.25) is 5.15 Å². The summed E-state index contributed by atoms with van der Waals surface area (Å²) < 4.78 is 2.92. The van der Waals surface area contributed by atoms with Gasteiger partial charge in [-0.05, 0) is 47.3 Å². The van der Waals surface area contributed by atoms with Crippen molar-refractivity contribution < 1.29 is 0 Å². The Bertz CT molecular complexity index is 578. The van der Waals surface area contributed by atoms with Crippen molar-refractivity contribution in [3.63, 3.8) is 0 Å². The average Bonchev–Trinajstić information content (AvgIpc) is 2.68. The molecule has 0 saturated carbocycles. The van der Waals surface area contributed by atoms with Crippen molar-refractivity contribution in [3.8, 4) is 11.1 Å². The fourth-order valence-electron chi connectivity index (χ4n) is 1.81. The van der Waals surface area contributed by atoms with Gasteiger partial charge in [-0.1, -0.05) is 25.4 Å². The zero-order valence-corrected chi connectivity index (χ0v) is 13.7. The lowest BCUT2D eigenvalue weighted by molar-refractivity contribution is 0.482. The van der Waals surface area contributed by atoms with Crippen molar-refractivity contribution in [2.24, 2.45) is 5.92 Å². The molecular formula is C14H17BrClN3. The average molecular weight is 343 g/mol. The lowest BCUT2D eigenvalue weighted by Crippen LogP contribution is -2.03. The predicted molar refractivity (Wildman–Crippen MR) is 82.4 cm³/mol. The van der Waals surface area contributed by atoms with Crippen LogP contribution in [0, 0.1) is 12.8 Å². The SMILES string of the molecule is Cc1ccc(-c2cnn(CCC(C)C)c2Br)c(Cl)n1. The van der Waals surface area contributed by atoms with Gasteiger partial charge in [0.05, 0.1) is 6.20 Å². The molecule has 19 heavy (non-hydrogen) atoms. The van der Waals surface area contributed by atoms with Crippen LogP contribution in [-0.2, 0) is 6.54 Å². The highest BCUT2D eigenvalue weighted by molar-refractivity contribution is 9.10. The van der Waals surface area contributed by atoms with Crippen LogP contribution in [0.25, 0.3) is 11.1 Å². The molecule has 0 atom stereocenters. The Labute approximate surface area is 127 Å². The Balaban J connectivity index is 2.31. The fourth-order valence-corrected chi connectivity index (χ4v) is 2.70. The summed E-state index contributed by atoms with van der Waals surface area (Å²) in [6.45, 7) is 7.24. The molecule has 0 bridgehead atoms. The topological polar surface area (TPSA) is 30.7 Å². The first-order valence-corrected chi connectivity index (χ1v) is 7.51. The van der Waals surface area contributed by atoms with E-state index < -0.39 is 0 Å². The van der Waals surface area contributed by atoms with Crippen molar-refractivity contribution in [3.05, 3.63) is 33.8 Å². The summed E-state index contributed by atoms with van der Waals surface area (Å²) in [5, 5.41) is 4.93. The van der Waals surface area contributed by atoms with E-state index in [4.69, 9.17) is 11.6 Å². The Morgan fingerprint density at radius 2 is 2.05 bits per heavy atom. The largest absolute Gasteiger partial charge is 0.258 e. The molecule has 5 heteroatoms. The molecule has 3 nitrogen and oxygen atoms in total. The molecule has 2 aromatic heterocycles. The zero-order valence-electron chi connectivity index (χ0n) is 11.3. The van der Waals surface area contributed by atoms with E-state index in [2.05, 4.69) is 39.9 Å². The highest BCUT2D eigenvalue weighted by atomic mass is 79.9. The summed E-state index contributed by atoms with van der Waals surface area (Å²) in [5.74, 6) is 0.657. The Morgan fingerprint density at radius 3 is 2.68 bits per heavy atom. The number of rotatable bonds is 4. The third-order valence-corrected chi connectivity index (χ3v) is 4.10. The van der Waals surface area contributed by atoms with Crippen LogP contribution in [-0.4, -0.2) is 14.8 Å². The van der Waals surface area contributed by atoms with Crippen molar-refractivity contribution in [2.45, 2.75) is 33.7 Å². The van der Waals surface area contributed by atoms with Crippen LogP contribution in [0.4, 0.5) is 0 Å². The standard InChI is InChI=1S/C14H17BrClN3/c1-9(2)6-7-19-13(15)12(8-17-19)11-5-4-10(3)18-14(11)16/h4-5,8-9H,6-7H2,1-3H3. The molecule has 0 aromatic carbocycles. The molecule has 0 saturated heterocycles. The lowest BCUT2D eigenvalue weighted by Gasteiger charge is -2.07. The molecule has 0 unspecified atom stereocenters. The van der Waals surface area contributed by atoms with E-state index in [9.17, 15) is 0 Å². The van der Waals surface area contributed by atoms with Gasteiger partial charge in [-0.2, -0.15) is 5.10 Å². The molecule has 2 aromatic rings. The van der Waals surface area contributed by atoms with Gasteiger partial charge in [-0.3, -0.25) is 4.68 Å². The van der Waals surface area contributed by atoms with E-state index >= 15 is 0 Å². The highest BCUT2D eigenvalue weighted by Gasteiger charge is 2.13. The maximum absolute atomic E-state index is 6.20. The molecule has 0 aliphatic rings. The predicted octanol–water partition coefficient (Wildman–Crippen LogP) is 4.72. The molecule has 0 aliphatic heterocycles. The third-order valence-electron chi connectivity index (χ3n) is 2.97. The van der Waals surface area contributed by atoms with Crippen LogP contribution in [0.3, 0.4) is 0 Å². The first-order chi connectivity index (χ1) is 8.99. The van der Waals surface area contributed by atoms with Gasteiger partial charge in [-0.25, -0.2) is 4.98 Å². The summed E-state index contributed by atoms with van der Waals surface area (Å²) in [6, 6.07) is 3.94. The Hall–Kier alpha value is -0.870. The first-order valence-electron chi connectivity index (χ1n) is 6.34. The Morgan fingerprint density at radius 1 is 1.32 bits per heavy atom. The minimum absolute atomic E-state index is 0.518. The molecule has 0 N–H and O–H groups in total. The third kappa shape index (κ3) is 3.37. The van der Waals surface area contributed by atoms with Gasteiger partial charge in [0.1, 0.15) is 9.76 Å². The molecule has 2 heterocycles. The summed E-state index contributed by atoms with van der Waals surface area (Å²) in [5.41, 5.74) is 2.81. The smallest absolute Gasteiger partial charge is 0.137 e. The van der Waals surface area contributed by atoms with E-state index in [0.29, 0.717) is 11.1 Å². The monoisotopic (exact) mass is 341 g/mol. The number of pyridine rings is 1. The highest BCUT2D eigenvalue weighted by Crippen LogP contribution is 2.32. The van der Waals surface area contributed by atoms with E-state index in [0.717, 1.165) is 34.4 Å². The minimum Gasteiger partial charge on any atom is -0.258 e. The van der Waals surface area contributed by atoms with Crippen LogP contribution >= 0.6 is 27.5 Å². The van der Waals surface area contributed by atoms with Crippen molar-refractivity contribution in [1.82, 2.24) is 14.8 Å². The van der Waals surface area contributed by atoms with Crippen LogP contribution in [0.1, 0.15) is 26.0 Å². The van der Waals surface area contributed by atoms with Crippen LogP contribution in [0.5, 0.6) is 0 Å². The maximum atomic E-state index is 6.20. The van der Waals surface area contributed by atoms with E-state index in [1.807, 2.05) is 29.9 Å². The maximum Gasteiger partial charge on any atom is 0.137 e. The molecule has 0 radical (unpaired) electrons. The van der Waals surface area contributed by atoms with Gasteiger partial charge in [0.15, 0.2) is 0 Å². The zero-order chi connectivity index (χ0) is 14.0. The number of halogens is 2. The summed E-state index contributed by atoms with van der Waals surface area (Å²) in [6.07, 6.45) is 2.93. The van der Waals surface area contributed by atoms with E-state index in [-0.39, 0.29) is 0 Å². The number of aryl methyl sites for hydroxylation is 2. The molecule has 0 spiro atoms. The number of hydrogen-bond donors (Lipinski definition) is 0. The molecule has 0 amide bonds. The number of hydrogen-bond acceptors (Lipinski definition) is 2. The minimum atomic E-state index is 0.518. The second kappa shape index (κ2) is 6.06. The summed E-state index contributed by atoms with van der Waals surface area (Å²) in [4.78, 5) is 4.28. The summed E-state index contributed by atoms with van der Waals surface area (Å²) in [7, 11) is 0. The number of nitrogens with zero attached hydrogens (tertiary/aromatic N) is 3. The normalized spacial score (nSPS) is 11.3. The van der Waals surface area contributed by atoms with Gasteiger partial charge < -0.3 is 0 Å². The molecule has 0 fully saturated rings. The van der Waals surface area contributed by atoms with Crippen molar-refractivity contribution >= 4 is 27.5 Å². The molecule has 2 rings (SSSR count). The van der Waals surface area contributed by atoms with Gasteiger partial charge in [0.25, 0.3) is 0 Å². The molecular weight excluding hydrogens is 326 g/mol. The van der Waals surface area contributed by atoms with Crippen molar-refractivity contribution in [2.75, 3.05) is 0 Å². The molecule has 102 valence electrons. The second-order valence-corrected chi connectivity index (χ2v) is 6.15. The van der Waals surface area contributed by atoms with E-state index in [1.165, 1.54) is 0 Å². The van der Waals surface area contributed by atoms with Gasteiger partial charge in [0, 0.05) is 23.4 Å². The summed E-state index contributed by atoms with van der Waals surface area (Å²) >= 11 is 9.81. The second-order valence-electron chi connectivity index (χ2n) is 5.05. The first kappa shape index (κ1) is 14.5. The van der Waals surface area contributed by atoms with E-state index in [1.54, 1.807) is 0 Å². The fraction of sp³-hybridized carbons (Fsp3) is 0.429. The Kier molecular flexibility index (Phi) is 4.63. The van der Waals surface area contributed by atoms with Crippen LogP contribution in [0.15, 0.2) is 22.9 Å². The van der Waals surface area contributed by atoms with Gasteiger partial charge in [-0.15, -0.1) is 0 Å². The lowest BCUT2D eigenvalue weighted by atomic mass is 10.1. The molecule has 0 aliphatic carbocycles. The van der Waals surface area contributed by atoms with Gasteiger partial charge in [0.2, 0.25) is 0 Å². The quantitative estimate of drug-likeness (QED) is 0.753.